The standard InChI is InChI=1S/C6H16O3Si.C4H5ClO/c1-5-6-10(7-2,8-3)9-4;1-3(2)4(5)6/h5-6H2,1-4H3;1H2,2H3. The average molecular weight is 269 g/mol. The number of rotatable bonds is 6. The van der Waals surface area contributed by atoms with E-state index < -0.39 is 14.0 Å². The van der Waals surface area contributed by atoms with E-state index >= 15 is 0 Å². The molecule has 0 amide bonds. The van der Waals surface area contributed by atoms with E-state index in [9.17, 15) is 4.79 Å². The molecular formula is C10H21ClO4Si. The molecule has 0 heterocycles. The lowest BCUT2D eigenvalue weighted by Crippen LogP contribution is -2.42. The Bertz CT molecular complexity index is 197. The first-order valence-electron chi connectivity index (χ1n) is 4.89. The molecule has 4 nitrogen and oxygen atoms in total. The summed E-state index contributed by atoms with van der Waals surface area (Å²) in [5, 5.41) is -0.463. The molecular weight excluding hydrogens is 248 g/mol. The molecule has 0 aliphatic rings. The third-order valence-corrected chi connectivity index (χ3v) is 5.13. The van der Waals surface area contributed by atoms with Gasteiger partial charge in [-0.15, -0.1) is 0 Å². The molecule has 0 spiro atoms. The van der Waals surface area contributed by atoms with Crippen molar-refractivity contribution in [3.63, 3.8) is 0 Å². The third kappa shape index (κ3) is 8.01. The maximum absolute atomic E-state index is 9.81. The first-order valence-corrected chi connectivity index (χ1v) is 7.20. The van der Waals surface area contributed by atoms with E-state index in [0.717, 1.165) is 12.5 Å². The summed E-state index contributed by atoms with van der Waals surface area (Å²) in [6, 6.07) is 0.885. The van der Waals surface area contributed by atoms with Gasteiger partial charge in [0.1, 0.15) is 0 Å². The third-order valence-electron chi connectivity index (χ3n) is 1.82. The second-order valence-electron chi connectivity index (χ2n) is 3.10. The van der Waals surface area contributed by atoms with Gasteiger partial charge < -0.3 is 13.3 Å². The van der Waals surface area contributed by atoms with Crippen molar-refractivity contribution < 1.29 is 18.1 Å². The predicted molar refractivity (Wildman–Crippen MR) is 67.6 cm³/mol. The van der Waals surface area contributed by atoms with Gasteiger partial charge in [-0.05, 0) is 18.5 Å². The second kappa shape index (κ2) is 9.98. The molecule has 96 valence electrons. The second-order valence-corrected chi connectivity index (χ2v) is 6.53. The predicted octanol–water partition coefficient (Wildman–Crippen LogP) is 2.60. The summed E-state index contributed by atoms with van der Waals surface area (Å²) in [5.41, 5.74) is 0.386. The fourth-order valence-electron chi connectivity index (χ4n) is 0.862. The minimum Gasteiger partial charge on any atom is -0.377 e. The van der Waals surface area contributed by atoms with Crippen LogP contribution in [0.2, 0.25) is 6.04 Å². The van der Waals surface area contributed by atoms with Crippen LogP contribution in [0.3, 0.4) is 0 Å². The largest absolute Gasteiger partial charge is 0.500 e. The fourth-order valence-corrected chi connectivity index (χ4v) is 2.59. The fraction of sp³-hybridized carbons (Fsp3) is 0.700. The van der Waals surface area contributed by atoms with Gasteiger partial charge in [-0.3, -0.25) is 4.79 Å². The molecule has 0 fully saturated rings. The SMILES string of the molecule is C=C(C)C(=O)Cl.CCC[Si](OC)(OC)OC. The molecule has 0 aliphatic heterocycles. The van der Waals surface area contributed by atoms with Crippen LogP contribution in [0.1, 0.15) is 20.3 Å². The zero-order valence-electron chi connectivity index (χ0n) is 10.6. The van der Waals surface area contributed by atoms with Crippen LogP contribution in [0.5, 0.6) is 0 Å². The summed E-state index contributed by atoms with van der Waals surface area (Å²) >= 11 is 4.87. The van der Waals surface area contributed by atoms with Crippen molar-refractivity contribution in [1.82, 2.24) is 0 Å². The van der Waals surface area contributed by atoms with Crippen molar-refractivity contribution in [2.45, 2.75) is 26.3 Å². The summed E-state index contributed by atoms with van der Waals surface area (Å²) in [4.78, 5) is 9.81. The molecule has 0 aliphatic carbocycles. The van der Waals surface area contributed by atoms with Crippen LogP contribution < -0.4 is 0 Å². The topological polar surface area (TPSA) is 44.8 Å². The first kappa shape index (κ1) is 18.2. The zero-order chi connectivity index (χ0) is 13.2. The van der Waals surface area contributed by atoms with Gasteiger partial charge in [0.25, 0.3) is 0 Å². The molecule has 0 unspecified atom stereocenters. The molecule has 0 rings (SSSR count). The van der Waals surface area contributed by atoms with E-state index in [1.165, 1.54) is 0 Å². The van der Waals surface area contributed by atoms with Crippen LogP contribution in [0, 0.1) is 0 Å². The molecule has 0 saturated heterocycles. The lowest BCUT2D eigenvalue weighted by Gasteiger charge is -2.23. The molecule has 16 heavy (non-hydrogen) atoms. The van der Waals surface area contributed by atoms with Gasteiger partial charge in [0.05, 0.1) is 0 Å². The highest BCUT2D eigenvalue weighted by atomic mass is 35.5. The van der Waals surface area contributed by atoms with Crippen molar-refractivity contribution in [2.75, 3.05) is 21.3 Å². The number of hydrogen-bond acceptors (Lipinski definition) is 4. The molecule has 0 aromatic carbocycles. The monoisotopic (exact) mass is 268 g/mol. The van der Waals surface area contributed by atoms with Crippen LogP contribution >= 0.6 is 11.6 Å². The Balaban J connectivity index is 0. The van der Waals surface area contributed by atoms with E-state index in [-0.39, 0.29) is 0 Å². The molecule has 0 saturated carbocycles. The zero-order valence-corrected chi connectivity index (χ0v) is 12.4. The Labute approximate surface area is 104 Å². The van der Waals surface area contributed by atoms with Gasteiger partial charge in [-0.1, -0.05) is 19.9 Å². The maximum Gasteiger partial charge on any atom is 0.500 e. The minimum absolute atomic E-state index is 0.386. The Hall–Kier alpha value is -0.203. The van der Waals surface area contributed by atoms with Gasteiger partial charge in [-0.2, -0.15) is 0 Å². The normalized spacial score (nSPS) is 10.4. The highest BCUT2D eigenvalue weighted by molar-refractivity contribution is 6.67. The van der Waals surface area contributed by atoms with Crippen molar-refractivity contribution in [3.8, 4) is 0 Å². The van der Waals surface area contributed by atoms with Crippen LogP contribution in [0.4, 0.5) is 0 Å². The van der Waals surface area contributed by atoms with Crippen molar-refractivity contribution >= 4 is 25.6 Å². The molecule has 0 atom stereocenters. The van der Waals surface area contributed by atoms with Crippen LogP contribution in [0.15, 0.2) is 12.2 Å². The van der Waals surface area contributed by atoms with Crippen molar-refractivity contribution in [2.24, 2.45) is 0 Å². The van der Waals surface area contributed by atoms with E-state index in [2.05, 4.69) is 13.5 Å². The van der Waals surface area contributed by atoms with Gasteiger partial charge >= 0.3 is 8.80 Å². The van der Waals surface area contributed by atoms with Crippen molar-refractivity contribution in [3.05, 3.63) is 12.2 Å². The average Bonchev–Trinajstić information content (AvgIpc) is 2.27. The molecule has 0 N–H and O–H groups in total. The van der Waals surface area contributed by atoms with Crippen LogP contribution in [-0.4, -0.2) is 35.4 Å². The van der Waals surface area contributed by atoms with Gasteiger partial charge in [0.2, 0.25) is 5.24 Å². The van der Waals surface area contributed by atoms with E-state index in [4.69, 9.17) is 24.9 Å². The van der Waals surface area contributed by atoms with Crippen LogP contribution in [0.25, 0.3) is 0 Å². The van der Waals surface area contributed by atoms with Gasteiger partial charge in [0.15, 0.2) is 0 Å². The Morgan fingerprint density at radius 2 is 1.56 bits per heavy atom. The van der Waals surface area contributed by atoms with E-state index in [0.29, 0.717) is 5.57 Å². The van der Waals surface area contributed by atoms with Crippen molar-refractivity contribution in [1.29, 1.82) is 0 Å². The first-order chi connectivity index (χ1) is 7.39. The highest BCUT2D eigenvalue weighted by Gasteiger charge is 2.36. The number of carbonyl (C=O) groups is 1. The minimum atomic E-state index is -2.22. The molecule has 6 heteroatoms. The molecule has 0 aromatic rings. The lowest BCUT2D eigenvalue weighted by molar-refractivity contribution is -0.108. The summed E-state index contributed by atoms with van der Waals surface area (Å²) < 4.78 is 15.5. The smallest absolute Gasteiger partial charge is 0.377 e. The van der Waals surface area contributed by atoms with E-state index in [1.54, 1.807) is 28.3 Å². The highest BCUT2D eigenvalue weighted by Crippen LogP contribution is 2.13. The summed E-state index contributed by atoms with van der Waals surface area (Å²) in [5.74, 6) is 0. The number of allylic oxidation sites excluding steroid dienone is 1. The Morgan fingerprint density at radius 1 is 1.25 bits per heavy atom. The molecule has 0 bridgehead atoms. The number of carbonyl (C=O) groups excluding carboxylic acids is 1. The quantitative estimate of drug-likeness (QED) is 0.422. The maximum atomic E-state index is 9.81. The number of halogens is 1. The Kier molecular flexibility index (Phi) is 11.3. The van der Waals surface area contributed by atoms with Gasteiger partial charge in [-0.25, -0.2) is 0 Å². The molecule has 0 radical (unpaired) electrons. The molecule has 0 aromatic heterocycles. The summed E-state index contributed by atoms with van der Waals surface area (Å²) in [6.45, 7) is 6.92. The Morgan fingerprint density at radius 3 is 1.62 bits per heavy atom. The van der Waals surface area contributed by atoms with Gasteiger partial charge in [0, 0.05) is 32.9 Å². The van der Waals surface area contributed by atoms with E-state index in [1.807, 2.05) is 0 Å². The summed E-state index contributed by atoms with van der Waals surface area (Å²) in [7, 11) is 2.68. The van der Waals surface area contributed by atoms with Crippen LogP contribution in [-0.2, 0) is 18.1 Å². The summed E-state index contributed by atoms with van der Waals surface area (Å²) in [6.07, 6.45) is 1.03. The number of hydrogen-bond donors (Lipinski definition) is 0. The lowest BCUT2D eigenvalue weighted by atomic mass is 10.4.